The van der Waals surface area contributed by atoms with Crippen LogP contribution in [0.1, 0.15) is 77.7 Å². The zero-order valence-electron chi connectivity index (χ0n) is 32.7. The van der Waals surface area contributed by atoms with Crippen molar-refractivity contribution in [2.24, 2.45) is 5.92 Å². The summed E-state index contributed by atoms with van der Waals surface area (Å²) in [5, 5.41) is 6.87. The number of anilines is 2. The number of hydrogen-bond acceptors (Lipinski definition) is 12. The van der Waals surface area contributed by atoms with Crippen LogP contribution in [0.5, 0.6) is 5.75 Å². The summed E-state index contributed by atoms with van der Waals surface area (Å²) < 4.78 is 62.5. The van der Waals surface area contributed by atoms with Crippen molar-refractivity contribution in [1.29, 1.82) is 0 Å². The minimum atomic E-state index is -4.30. The lowest BCUT2D eigenvalue weighted by Crippen LogP contribution is -2.41. The van der Waals surface area contributed by atoms with Crippen molar-refractivity contribution < 1.29 is 36.5 Å². The highest BCUT2D eigenvalue weighted by molar-refractivity contribution is 7.96. The van der Waals surface area contributed by atoms with E-state index in [1.165, 1.54) is 31.2 Å². The maximum Gasteiger partial charge on any atom is 0.416 e. The predicted octanol–water partition coefficient (Wildman–Crippen LogP) is 9.50. The molecule has 2 fully saturated rings. The topological polar surface area (TPSA) is 138 Å². The molecule has 2 aliphatic rings. The van der Waals surface area contributed by atoms with Gasteiger partial charge in [0, 0.05) is 30.3 Å². The molecule has 56 heavy (non-hydrogen) atoms. The normalized spacial score (nSPS) is 19.6. The number of carbonyl (C=O) groups excluding carboxylic acids is 1. The van der Waals surface area contributed by atoms with Crippen molar-refractivity contribution in [3.8, 4) is 5.75 Å². The Labute approximate surface area is 337 Å². The molecule has 0 bridgehead atoms. The molecular weight excluding hydrogens is 790 g/mol. The van der Waals surface area contributed by atoms with Gasteiger partial charge in [0.05, 0.1) is 35.8 Å². The van der Waals surface area contributed by atoms with E-state index in [4.69, 9.17) is 31.1 Å². The number of nitrogens with two attached hydrogens (primary N) is 1. The second-order valence-corrected chi connectivity index (χ2v) is 15.5. The molecule has 2 aromatic heterocycles. The zero-order chi connectivity index (χ0) is 41.0. The summed E-state index contributed by atoms with van der Waals surface area (Å²) in [6.07, 6.45) is 3.71. The van der Waals surface area contributed by atoms with E-state index < -0.39 is 25.8 Å². The van der Waals surface area contributed by atoms with Gasteiger partial charge in [-0.15, -0.1) is 0 Å². The first-order valence-corrected chi connectivity index (χ1v) is 21.2. The van der Waals surface area contributed by atoms with Crippen LogP contribution in [0.25, 0.3) is 11.0 Å². The maximum atomic E-state index is 12.3. The van der Waals surface area contributed by atoms with Gasteiger partial charge >= 0.3 is 14.7 Å². The van der Waals surface area contributed by atoms with Crippen molar-refractivity contribution in [2.45, 2.75) is 97.0 Å². The van der Waals surface area contributed by atoms with Crippen LogP contribution in [0.15, 0.2) is 60.8 Å². The van der Waals surface area contributed by atoms with Gasteiger partial charge in [-0.25, -0.2) is 5.09 Å². The number of nitrogen functional groups attached to an aromatic ring is 1. The summed E-state index contributed by atoms with van der Waals surface area (Å²) in [5.74, 6) is 1.78. The molecular formula is C38H52ClF3N7O5PS. The van der Waals surface area contributed by atoms with Gasteiger partial charge in [-0.3, -0.25) is 5.01 Å². The fourth-order valence-corrected chi connectivity index (χ4v) is 7.77. The molecule has 0 amide bonds. The van der Waals surface area contributed by atoms with Gasteiger partial charge in [-0.05, 0) is 80.8 Å². The fraction of sp³-hybridized carbons (Fsp3) is 0.500. The number of hydrazine groups is 1. The first-order chi connectivity index (χ1) is 26.8. The number of aromatic nitrogens is 3. The van der Waals surface area contributed by atoms with Crippen LogP contribution in [0.4, 0.5) is 24.9 Å². The number of methoxy groups -OCH3 is 1. The Morgan fingerprint density at radius 3 is 2.45 bits per heavy atom. The molecule has 4 aromatic rings. The third-order valence-corrected chi connectivity index (χ3v) is 11.1. The highest BCUT2D eigenvalue weighted by Gasteiger charge is 2.38. The van der Waals surface area contributed by atoms with Crippen LogP contribution in [0.3, 0.4) is 0 Å². The minimum absolute atomic E-state index is 0.0182. The second kappa shape index (κ2) is 21.0. The molecule has 1 saturated heterocycles. The lowest BCUT2D eigenvalue weighted by molar-refractivity contribution is -0.138. The van der Waals surface area contributed by atoms with E-state index in [-0.39, 0.29) is 36.4 Å². The number of benzene rings is 2. The second-order valence-electron chi connectivity index (χ2n) is 13.3. The molecule has 0 radical (unpaired) electrons. The van der Waals surface area contributed by atoms with Gasteiger partial charge < -0.3 is 33.6 Å². The minimum Gasteiger partial charge on any atom is -0.436 e. The predicted molar refractivity (Wildman–Crippen MR) is 218 cm³/mol. The van der Waals surface area contributed by atoms with E-state index in [9.17, 15) is 18.0 Å². The third kappa shape index (κ3) is 12.2. The quantitative estimate of drug-likeness (QED) is 0.0429. The van der Waals surface area contributed by atoms with Gasteiger partial charge in [-0.1, -0.05) is 69.4 Å². The molecule has 4 N–H and O–H groups in total. The van der Waals surface area contributed by atoms with E-state index in [2.05, 4.69) is 36.6 Å². The van der Waals surface area contributed by atoms with Crippen molar-refractivity contribution in [3.63, 3.8) is 0 Å². The van der Waals surface area contributed by atoms with Gasteiger partial charge in [0.1, 0.15) is 23.9 Å². The third-order valence-electron chi connectivity index (χ3n) is 8.97. The van der Waals surface area contributed by atoms with Crippen LogP contribution >= 0.6 is 32.1 Å². The summed E-state index contributed by atoms with van der Waals surface area (Å²) in [5.41, 5.74) is 5.67. The van der Waals surface area contributed by atoms with E-state index in [0.29, 0.717) is 29.8 Å². The first-order valence-electron chi connectivity index (χ1n) is 18.4. The Morgan fingerprint density at radius 1 is 1.14 bits per heavy atom. The van der Waals surface area contributed by atoms with Gasteiger partial charge in [0.2, 0.25) is 5.95 Å². The fourth-order valence-electron chi connectivity index (χ4n) is 5.81. The van der Waals surface area contributed by atoms with Gasteiger partial charge in [-0.2, -0.15) is 28.0 Å². The lowest BCUT2D eigenvalue weighted by atomic mass is 10.0. The van der Waals surface area contributed by atoms with Crippen molar-refractivity contribution in [2.75, 3.05) is 30.7 Å². The Balaban J connectivity index is 0.000000392. The van der Waals surface area contributed by atoms with Crippen LogP contribution in [-0.4, -0.2) is 58.5 Å². The SMILES string of the molecule is CC.CCC(C)(C=O)NP(OCC1CC(C)C(n2ccc3c(N(NSC)C4CC4)nc(N)nc32)O1)Oc1ccc(Cl)cc1.COCc1ccccc1C(F)(F)F. The number of alkyl halides is 3. The number of aldehydes is 1. The number of halogens is 4. The molecule has 5 atom stereocenters. The Hall–Kier alpha value is -3.21. The van der Waals surface area contributed by atoms with Crippen molar-refractivity contribution in [3.05, 3.63) is 76.9 Å². The molecule has 1 saturated carbocycles. The number of nitrogens with zero attached hydrogens (tertiary/aromatic N) is 4. The van der Waals surface area contributed by atoms with Crippen molar-refractivity contribution >= 4 is 61.2 Å². The number of ether oxygens (including phenoxy) is 2. The van der Waals surface area contributed by atoms with E-state index >= 15 is 0 Å². The number of carbonyl (C=O) groups is 1. The number of hydrogen-bond donors (Lipinski definition) is 3. The zero-order valence-corrected chi connectivity index (χ0v) is 35.1. The van der Waals surface area contributed by atoms with Gasteiger partial charge in [0.15, 0.2) is 5.82 Å². The van der Waals surface area contributed by atoms with Crippen LogP contribution < -0.4 is 25.2 Å². The summed E-state index contributed by atoms with van der Waals surface area (Å²) in [4.78, 5) is 24.3. The van der Waals surface area contributed by atoms with E-state index in [1.54, 1.807) is 30.3 Å². The molecule has 18 heteroatoms. The van der Waals surface area contributed by atoms with E-state index in [1.807, 2.05) is 50.8 Å². The smallest absolute Gasteiger partial charge is 0.416 e. The summed E-state index contributed by atoms with van der Waals surface area (Å²) in [7, 11) is -0.279. The highest BCUT2D eigenvalue weighted by Crippen LogP contribution is 2.43. The Morgan fingerprint density at radius 2 is 1.84 bits per heavy atom. The van der Waals surface area contributed by atoms with Crippen LogP contribution in [0.2, 0.25) is 5.02 Å². The summed E-state index contributed by atoms with van der Waals surface area (Å²) in [6.45, 7) is 10.2. The average molecular weight is 842 g/mol. The Kier molecular flexibility index (Phi) is 17.0. The summed E-state index contributed by atoms with van der Waals surface area (Å²) >= 11 is 7.56. The summed E-state index contributed by atoms with van der Waals surface area (Å²) in [6, 6.07) is 14.8. The van der Waals surface area contributed by atoms with E-state index in [0.717, 1.165) is 48.5 Å². The number of rotatable bonds is 16. The lowest BCUT2D eigenvalue weighted by Gasteiger charge is -2.28. The van der Waals surface area contributed by atoms with Crippen LogP contribution in [-0.2, 0) is 31.6 Å². The first kappa shape index (κ1) is 45.5. The monoisotopic (exact) mass is 841 g/mol. The molecule has 12 nitrogen and oxygen atoms in total. The average Bonchev–Trinajstić information content (AvgIpc) is 3.84. The number of nitrogens with one attached hydrogen (secondary N) is 2. The molecule has 3 heterocycles. The highest BCUT2D eigenvalue weighted by atomic mass is 35.5. The Bertz CT molecular complexity index is 1840. The van der Waals surface area contributed by atoms with Crippen molar-refractivity contribution in [1.82, 2.24) is 24.5 Å². The molecule has 5 unspecified atom stereocenters. The molecule has 0 spiro atoms. The molecule has 1 aliphatic carbocycles. The number of fused-ring (bicyclic) bond motifs is 1. The standard InChI is InChI=1S/C27H37ClN7O4PS.C9H9F3O.C2H6/c1-5-27(3,16-36)32-40(39-20-10-6-18(28)7-11-20)37-15-21-14-17(2)25(38-21)34-13-12-22-23(34)30-26(29)31-24(22)35(33-41-4)19-8-9-19;1-13-6-7-4-2-3-5-8(7)9(10,11)12;1-2/h6-7,10-13,16-17,19,21,25,32-33H,5,8-9,14-15H2,1-4H3,(H2,29,30,31);2-5H,6H2,1H3;1-2H3. The van der Waals surface area contributed by atoms with Crippen LogP contribution in [0, 0.1) is 5.92 Å². The molecule has 308 valence electrons. The molecule has 1 aliphatic heterocycles. The largest absolute Gasteiger partial charge is 0.436 e. The molecule has 6 rings (SSSR count). The maximum absolute atomic E-state index is 12.3. The molecule has 2 aromatic carbocycles. The van der Waals surface area contributed by atoms with Gasteiger partial charge in [0.25, 0.3) is 0 Å².